The van der Waals surface area contributed by atoms with Gasteiger partial charge >= 0.3 is 0 Å². The Labute approximate surface area is 109 Å². The van der Waals surface area contributed by atoms with E-state index in [-0.39, 0.29) is 11.9 Å². The second-order valence-electron chi connectivity index (χ2n) is 5.34. The lowest BCUT2D eigenvalue weighted by molar-refractivity contribution is 0.0928. The van der Waals surface area contributed by atoms with E-state index in [2.05, 4.69) is 12.2 Å². The maximum Gasteiger partial charge on any atom is 0.253 e. The number of benzene rings is 1. The third-order valence-corrected chi connectivity index (χ3v) is 4.03. The van der Waals surface area contributed by atoms with E-state index in [1.165, 1.54) is 25.7 Å². The summed E-state index contributed by atoms with van der Waals surface area (Å²) in [4.78, 5) is 12.2. The summed E-state index contributed by atoms with van der Waals surface area (Å²) in [6.07, 6.45) is 5.03. The number of carbonyl (C=O) groups excluding carboxylic acids is 1. The molecule has 0 saturated heterocycles. The minimum Gasteiger partial charge on any atom is -0.398 e. The van der Waals surface area contributed by atoms with Gasteiger partial charge in [-0.1, -0.05) is 25.0 Å². The topological polar surface area (TPSA) is 55.1 Å². The van der Waals surface area contributed by atoms with Crippen LogP contribution in [0.1, 0.15) is 48.5 Å². The SMILES string of the molecule is Cc1cccc(C(=O)NC(C)C2CCCC2)c1N. The maximum absolute atomic E-state index is 12.2. The van der Waals surface area contributed by atoms with Gasteiger partial charge in [-0.25, -0.2) is 0 Å². The highest BCUT2D eigenvalue weighted by atomic mass is 16.1. The molecule has 1 amide bonds. The van der Waals surface area contributed by atoms with Gasteiger partial charge < -0.3 is 11.1 Å². The molecule has 0 spiro atoms. The van der Waals surface area contributed by atoms with E-state index in [4.69, 9.17) is 5.73 Å². The highest BCUT2D eigenvalue weighted by Gasteiger charge is 2.23. The van der Waals surface area contributed by atoms with Gasteiger partial charge in [0.1, 0.15) is 0 Å². The predicted octanol–water partition coefficient (Wildman–Crippen LogP) is 2.89. The fraction of sp³-hybridized carbons (Fsp3) is 0.533. The van der Waals surface area contributed by atoms with Crippen LogP contribution in [0.3, 0.4) is 0 Å². The molecule has 1 aromatic carbocycles. The quantitative estimate of drug-likeness (QED) is 0.806. The number of amides is 1. The minimum absolute atomic E-state index is 0.0457. The van der Waals surface area contributed by atoms with Crippen molar-refractivity contribution in [2.45, 2.75) is 45.6 Å². The predicted molar refractivity (Wildman–Crippen MR) is 74.5 cm³/mol. The lowest BCUT2D eigenvalue weighted by Crippen LogP contribution is -2.37. The molecule has 2 rings (SSSR count). The van der Waals surface area contributed by atoms with Gasteiger partial charge in [-0.3, -0.25) is 4.79 Å². The van der Waals surface area contributed by atoms with E-state index in [9.17, 15) is 4.79 Å². The number of nitrogens with one attached hydrogen (secondary N) is 1. The average Bonchev–Trinajstić information content (AvgIpc) is 2.86. The molecule has 1 fully saturated rings. The minimum atomic E-state index is -0.0457. The number of nitrogens with two attached hydrogens (primary N) is 1. The largest absolute Gasteiger partial charge is 0.398 e. The second-order valence-corrected chi connectivity index (χ2v) is 5.34. The Bertz CT molecular complexity index is 436. The van der Waals surface area contributed by atoms with Crippen LogP contribution in [-0.4, -0.2) is 11.9 Å². The molecule has 3 heteroatoms. The van der Waals surface area contributed by atoms with Crippen molar-refractivity contribution in [1.82, 2.24) is 5.32 Å². The Morgan fingerprint density at radius 1 is 1.39 bits per heavy atom. The van der Waals surface area contributed by atoms with Crippen molar-refractivity contribution in [1.29, 1.82) is 0 Å². The number of para-hydroxylation sites is 1. The van der Waals surface area contributed by atoms with Crippen molar-refractivity contribution >= 4 is 11.6 Å². The van der Waals surface area contributed by atoms with E-state index in [0.717, 1.165) is 5.56 Å². The van der Waals surface area contributed by atoms with Gasteiger partial charge in [-0.15, -0.1) is 0 Å². The van der Waals surface area contributed by atoms with E-state index in [1.807, 2.05) is 19.1 Å². The number of anilines is 1. The van der Waals surface area contributed by atoms with Gasteiger partial charge in [0.05, 0.1) is 5.56 Å². The first-order valence-corrected chi connectivity index (χ1v) is 6.75. The molecule has 0 bridgehead atoms. The fourth-order valence-corrected chi connectivity index (χ4v) is 2.74. The number of hydrogen-bond donors (Lipinski definition) is 2. The number of carbonyl (C=O) groups is 1. The van der Waals surface area contributed by atoms with Gasteiger partial charge in [0.15, 0.2) is 0 Å². The molecule has 1 aliphatic rings. The number of aryl methyl sites for hydroxylation is 1. The van der Waals surface area contributed by atoms with Gasteiger partial charge in [0.25, 0.3) is 5.91 Å². The summed E-state index contributed by atoms with van der Waals surface area (Å²) in [6.45, 7) is 4.02. The van der Waals surface area contributed by atoms with Crippen molar-refractivity contribution in [3.63, 3.8) is 0 Å². The van der Waals surface area contributed by atoms with Gasteiger partial charge in [0, 0.05) is 11.7 Å². The van der Waals surface area contributed by atoms with Gasteiger partial charge in [0.2, 0.25) is 0 Å². The van der Waals surface area contributed by atoms with Crippen LogP contribution in [0.5, 0.6) is 0 Å². The van der Waals surface area contributed by atoms with Crippen LogP contribution in [-0.2, 0) is 0 Å². The molecule has 0 radical (unpaired) electrons. The van der Waals surface area contributed by atoms with Gasteiger partial charge in [-0.2, -0.15) is 0 Å². The first-order valence-electron chi connectivity index (χ1n) is 6.75. The standard InChI is InChI=1S/C15H22N2O/c1-10-6-5-9-13(14(10)16)15(18)17-11(2)12-7-3-4-8-12/h5-6,9,11-12H,3-4,7-8,16H2,1-2H3,(H,17,18). The number of hydrogen-bond acceptors (Lipinski definition) is 2. The Kier molecular flexibility index (Phi) is 3.90. The molecule has 1 unspecified atom stereocenters. The zero-order valence-electron chi connectivity index (χ0n) is 11.2. The van der Waals surface area contributed by atoms with Gasteiger partial charge in [-0.05, 0) is 44.2 Å². The molecule has 1 atom stereocenters. The van der Waals surface area contributed by atoms with E-state index < -0.39 is 0 Å². The Morgan fingerprint density at radius 3 is 2.72 bits per heavy atom. The summed E-state index contributed by atoms with van der Waals surface area (Å²) in [7, 11) is 0. The second kappa shape index (κ2) is 5.42. The van der Waals surface area contributed by atoms with Crippen molar-refractivity contribution in [2.24, 2.45) is 5.92 Å². The smallest absolute Gasteiger partial charge is 0.253 e. The summed E-state index contributed by atoms with van der Waals surface area (Å²) in [5.41, 5.74) is 8.10. The fourth-order valence-electron chi connectivity index (χ4n) is 2.74. The summed E-state index contributed by atoms with van der Waals surface area (Å²) >= 11 is 0. The summed E-state index contributed by atoms with van der Waals surface area (Å²) < 4.78 is 0. The molecule has 3 N–H and O–H groups in total. The normalized spacial score (nSPS) is 17.7. The Balaban J connectivity index is 2.05. The molecule has 0 heterocycles. The third kappa shape index (κ3) is 2.66. The first kappa shape index (κ1) is 12.9. The van der Waals surface area contributed by atoms with E-state index >= 15 is 0 Å². The van der Waals surface area contributed by atoms with Crippen LogP contribution in [0.15, 0.2) is 18.2 Å². The van der Waals surface area contributed by atoms with Crippen LogP contribution < -0.4 is 11.1 Å². The van der Waals surface area contributed by atoms with E-state index in [0.29, 0.717) is 17.2 Å². The molecule has 3 nitrogen and oxygen atoms in total. The zero-order chi connectivity index (χ0) is 13.1. The molecule has 18 heavy (non-hydrogen) atoms. The van der Waals surface area contributed by atoms with Crippen molar-refractivity contribution in [3.8, 4) is 0 Å². The monoisotopic (exact) mass is 246 g/mol. The average molecular weight is 246 g/mol. The Morgan fingerprint density at radius 2 is 2.06 bits per heavy atom. The first-order chi connectivity index (χ1) is 8.59. The lowest BCUT2D eigenvalue weighted by atomic mass is 9.99. The maximum atomic E-state index is 12.2. The molecular formula is C15H22N2O. The van der Waals surface area contributed by atoms with Crippen LogP contribution >= 0.6 is 0 Å². The third-order valence-electron chi connectivity index (χ3n) is 4.03. The molecule has 1 saturated carbocycles. The molecule has 1 aromatic rings. The molecule has 0 aromatic heterocycles. The highest BCUT2D eigenvalue weighted by molar-refractivity contribution is 5.99. The number of rotatable bonds is 3. The summed E-state index contributed by atoms with van der Waals surface area (Å²) in [6, 6.07) is 5.83. The van der Waals surface area contributed by atoms with Crippen molar-refractivity contribution in [2.75, 3.05) is 5.73 Å². The molecule has 0 aliphatic heterocycles. The zero-order valence-corrected chi connectivity index (χ0v) is 11.2. The molecule has 98 valence electrons. The van der Waals surface area contributed by atoms with Crippen molar-refractivity contribution < 1.29 is 4.79 Å². The van der Waals surface area contributed by atoms with Crippen LogP contribution in [0.2, 0.25) is 0 Å². The van der Waals surface area contributed by atoms with Crippen LogP contribution in [0, 0.1) is 12.8 Å². The van der Waals surface area contributed by atoms with Crippen LogP contribution in [0.25, 0.3) is 0 Å². The Hall–Kier alpha value is -1.51. The number of nitrogen functional groups attached to an aromatic ring is 1. The molecule has 1 aliphatic carbocycles. The van der Waals surface area contributed by atoms with Crippen molar-refractivity contribution in [3.05, 3.63) is 29.3 Å². The molecular weight excluding hydrogens is 224 g/mol. The highest BCUT2D eigenvalue weighted by Crippen LogP contribution is 2.27. The van der Waals surface area contributed by atoms with E-state index in [1.54, 1.807) is 6.07 Å². The summed E-state index contributed by atoms with van der Waals surface area (Å²) in [5, 5.41) is 3.09. The van der Waals surface area contributed by atoms with Crippen LogP contribution in [0.4, 0.5) is 5.69 Å². The lowest BCUT2D eigenvalue weighted by Gasteiger charge is -2.21. The summed E-state index contributed by atoms with van der Waals surface area (Å²) in [5.74, 6) is 0.579.